The van der Waals surface area contributed by atoms with Gasteiger partial charge in [-0.25, -0.2) is 0 Å². The third kappa shape index (κ3) is 2.82. The Morgan fingerprint density at radius 1 is 1.10 bits per heavy atom. The zero-order valence-corrected chi connectivity index (χ0v) is 12.3. The Hall–Kier alpha value is -2.55. The van der Waals surface area contributed by atoms with Crippen LogP contribution in [-0.4, -0.2) is 12.1 Å². The van der Waals surface area contributed by atoms with Crippen molar-refractivity contribution in [2.75, 3.05) is 12.4 Å². The lowest BCUT2D eigenvalue weighted by atomic mass is 10.1. The Bertz CT molecular complexity index is 763. The summed E-state index contributed by atoms with van der Waals surface area (Å²) < 4.78 is 5.40. The number of nitrogens with zero attached hydrogens (tertiary/aromatic N) is 1. The molecule has 0 fully saturated rings. The molecule has 21 heavy (non-hydrogen) atoms. The van der Waals surface area contributed by atoms with Gasteiger partial charge in [-0.1, -0.05) is 24.3 Å². The fourth-order valence-electron chi connectivity index (χ4n) is 2.46. The summed E-state index contributed by atoms with van der Waals surface area (Å²) in [7, 11) is 1.69. The summed E-state index contributed by atoms with van der Waals surface area (Å²) in [5.41, 5.74) is 4.47. The summed E-state index contributed by atoms with van der Waals surface area (Å²) in [5, 5.41) is 4.64. The number of hydrogen-bond acceptors (Lipinski definition) is 3. The summed E-state index contributed by atoms with van der Waals surface area (Å²) in [6, 6.07) is 16.4. The van der Waals surface area contributed by atoms with E-state index in [9.17, 15) is 0 Å². The number of hydrogen-bond donors (Lipinski definition) is 1. The molecule has 3 heteroatoms. The standard InChI is InChI=1S/C18H18N2O/c1-13-7-8-18(21-2)17(11-13)20-12-14-9-10-19-16-6-4-3-5-15(14)16/h3-11,20H,12H2,1-2H3. The molecule has 3 nitrogen and oxygen atoms in total. The number of rotatable bonds is 4. The van der Waals surface area contributed by atoms with E-state index in [-0.39, 0.29) is 0 Å². The highest BCUT2D eigenvalue weighted by atomic mass is 16.5. The number of ether oxygens (including phenoxy) is 1. The Balaban J connectivity index is 1.89. The van der Waals surface area contributed by atoms with Crippen LogP contribution < -0.4 is 10.1 Å². The number of fused-ring (bicyclic) bond motifs is 1. The van der Waals surface area contributed by atoms with Crippen molar-refractivity contribution in [3.8, 4) is 5.75 Å². The van der Waals surface area contributed by atoms with Crippen molar-refractivity contribution >= 4 is 16.6 Å². The first-order chi connectivity index (χ1) is 10.3. The van der Waals surface area contributed by atoms with Gasteiger partial charge in [-0.3, -0.25) is 4.98 Å². The van der Waals surface area contributed by atoms with E-state index in [2.05, 4.69) is 35.4 Å². The summed E-state index contributed by atoms with van der Waals surface area (Å²) in [4.78, 5) is 4.39. The van der Waals surface area contributed by atoms with Crippen LogP contribution in [0.25, 0.3) is 10.9 Å². The Kier molecular flexibility index (Phi) is 3.73. The van der Waals surface area contributed by atoms with Gasteiger partial charge < -0.3 is 10.1 Å². The molecule has 1 N–H and O–H groups in total. The van der Waals surface area contributed by atoms with E-state index in [0.29, 0.717) is 0 Å². The van der Waals surface area contributed by atoms with Crippen LogP contribution in [0.4, 0.5) is 5.69 Å². The number of para-hydroxylation sites is 1. The molecule has 0 amide bonds. The fourth-order valence-corrected chi connectivity index (χ4v) is 2.46. The highest BCUT2D eigenvalue weighted by molar-refractivity contribution is 5.82. The monoisotopic (exact) mass is 278 g/mol. The van der Waals surface area contributed by atoms with Gasteiger partial charge in [0.05, 0.1) is 18.3 Å². The van der Waals surface area contributed by atoms with Crippen molar-refractivity contribution in [2.24, 2.45) is 0 Å². The van der Waals surface area contributed by atoms with Crippen molar-refractivity contribution in [1.82, 2.24) is 4.98 Å². The number of methoxy groups -OCH3 is 1. The van der Waals surface area contributed by atoms with Gasteiger partial charge in [0.15, 0.2) is 0 Å². The van der Waals surface area contributed by atoms with E-state index in [1.165, 1.54) is 16.5 Å². The molecule has 0 unspecified atom stereocenters. The lowest BCUT2D eigenvalue weighted by molar-refractivity contribution is 0.416. The largest absolute Gasteiger partial charge is 0.495 e. The van der Waals surface area contributed by atoms with Crippen LogP contribution in [0, 0.1) is 6.92 Å². The lowest BCUT2D eigenvalue weighted by Gasteiger charge is -2.13. The first-order valence-corrected chi connectivity index (χ1v) is 6.99. The molecule has 0 atom stereocenters. The number of nitrogens with one attached hydrogen (secondary N) is 1. The SMILES string of the molecule is COc1ccc(C)cc1NCc1ccnc2ccccc12. The maximum Gasteiger partial charge on any atom is 0.141 e. The number of pyridine rings is 1. The first-order valence-electron chi connectivity index (χ1n) is 6.99. The van der Waals surface area contributed by atoms with Crippen LogP contribution in [-0.2, 0) is 6.54 Å². The molecule has 3 aromatic rings. The normalized spacial score (nSPS) is 10.6. The molecule has 2 aromatic carbocycles. The van der Waals surface area contributed by atoms with Gasteiger partial charge >= 0.3 is 0 Å². The molecular weight excluding hydrogens is 260 g/mol. The van der Waals surface area contributed by atoms with E-state index in [0.717, 1.165) is 23.5 Å². The summed E-state index contributed by atoms with van der Waals surface area (Å²) >= 11 is 0. The van der Waals surface area contributed by atoms with Crippen LogP contribution in [0.3, 0.4) is 0 Å². The predicted molar refractivity (Wildman–Crippen MR) is 86.8 cm³/mol. The summed E-state index contributed by atoms with van der Waals surface area (Å²) in [5.74, 6) is 0.860. The second-order valence-corrected chi connectivity index (χ2v) is 5.04. The average Bonchev–Trinajstić information content (AvgIpc) is 2.53. The van der Waals surface area contributed by atoms with Crippen molar-refractivity contribution in [3.63, 3.8) is 0 Å². The minimum absolute atomic E-state index is 0.739. The molecule has 106 valence electrons. The molecule has 0 spiro atoms. The maximum atomic E-state index is 5.40. The molecule has 0 bridgehead atoms. The van der Waals surface area contributed by atoms with Gasteiger partial charge in [0.1, 0.15) is 5.75 Å². The van der Waals surface area contributed by atoms with Crippen molar-refractivity contribution in [1.29, 1.82) is 0 Å². The van der Waals surface area contributed by atoms with Gasteiger partial charge in [0, 0.05) is 18.1 Å². The zero-order valence-electron chi connectivity index (χ0n) is 12.3. The van der Waals surface area contributed by atoms with Gasteiger partial charge in [-0.2, -0.15) is 0 Å². The van der Waals surface area contributed by atoms with Crippen molar-refractivity contribution in [2.45, 2.75) is 13.5 Å². The number of aryl methyl sites for hydroxylation is 1. The van der Waals surface area contributed by atoms with Crippen LogP contribution in [0.15, 0.2) is 54.7 Å². The van der Waals surface area contributed by atoms with E-state index in [1.54, 1.807) is 7.11 Å². The van der Waals surface area contributed by atoms with Crippen LogP contribution in [0.1, 0.15) is 11.1 Å². The van der Waals surface area contributed by atoms with Gasteiger partial charge in [-0.15, -0.1) is 0 Å². The molecule has 1 aromatic heterocycles. The second-order valence-electron chi connectivity index (χ2n) is 5.04. The molecule has 3 rings (SSSR count). The van der Waals surface area contributed by atoms with Gasteiger partial charge in [0.2, 0.25) is 0 Å². The molecule has 0 saturated carbocycles. The molecule has 0 aliphatic heterocycles. The average molecular weight is 278 g/mol. The zero-order chi connectivity index (χ0) is 14.7. The maximum absolute atomic E-state index is 5.40. The number of benzene rings is 2. The topological polar surface area (TPSA) is 34.1 Å². The minimum Gasteiger partial charge on any atom is -0.495 e. The minimum atomic E-state index is 0.739. The number of anilines is 1. The molecule has 0 radical (unpaired) electrons. The quantitative estimate of drug-likeness (QED) is 0.778. The van der Waals surface area contributed by atoms with Crippen LogP contribution in [0.5, 0.6) is 5.75 Å². The molecule has 0 aliphatic carbocycles. The van der Waals surface area contributed by atoms with E-state index >= 15 is 0 Å². The smallest absolute Gasteiger partial charge is 0.141 e. The van der Waals surface area contributed by atoms with E-state index < -0.39 is 0 Å². The summed E-state index contributed by atoms with van der Waals surface area (Å²) in [6.07, 6.45) is 1.85. The lowest BCUT2D eigenvalue weighted by Crippen LogP contribution is -2.02. The molecule has 1 heterocycles. The third-order valence-electron chi connectivity index (χ3n) is 3.56. The number of aromatic nitrogens is 1. The Morgan fingerprint density at radius 3 is 2.81 bits per heavy atom. The first kappa shape index (κ1) is 13.4. The predicted octanol–water partition coefficient (Wildman–Crippen LogP) is 4.16. The van der Waals surface area contributed by atoms with E-state index in [4.69, 9.17) is 4.74 Å². The van der Waals surface area contributed by atoms with Gasteiger partial charge in [-0.05, 0) is 42.3 Å². The fraction of sp³-hybridized carbons (Fsp3) is 0.167. The van der Waals surface area contributed by atoms with Crippen LogP contribution in [0.2, 0.25) is 0 Å². The van der Waals surface area contributed by atoms with Crippen molar-refractivity contribution < 1.29 is 4.74 Å². The van der Waals surface area contributed by atoms with Crippen LogP contribution >= 0.6 is 0 Å². The summed E-state index contributed by atoms with van der Waals surface area (Å²) in [6.45, 7) is 2.81. The third-order valence-corrected chi connectivity index (χ3v) is 3.56. The highest BCUT2D eigenvalue weighted by Gasteiger charge is 2.05. The molecular formula is C18H18N2O. The second kappa shape index (κ2) is 5.83. The molecule has 0 saturated heterocycles. The highest BCUT2D eigenvalue weighted by Crippen LogP contribution is 2.26. The van der Waals surface area contributed by atoms with Crippen molar-refractivity contribution in [3.05, 3.63) is 65.9 Å². The Labute approximate surface area is 124 Å². The van der Waals surface area contributed by atoms with Gasteiger partial charge in [0.25, 0.3) is 0 Å². The Morgan fingerprint density at radius 2 is 1.95 bits per heavy atom. The molecule has 0 aliphatic rings. The van der Waals surface area contributed by atoms with E-state index in [1.807, 2.05) is 36.5 Å².